The monoisotopic (exact) mass is 246 g/mol. The summed E-state index contributed by atoms with van der Waals surface area (Å²) >= 11 is 0. The molecule has 18 heavy (non-hydrogen) atoms. The Kier molecular flexibility index (Phi) is 3.45. The van der Waals surface area contributed by atoms with Crippen molar-refractivity contribution < 1.29 is 9.59 Å². The highest BCUT2D eigenvalue weighted by atomic mass is 16.2. The standard InChI is InChI=1S/C14H18N2O2/c1-14(2)5-7-16(10-12(14)17)13(18)8-11-4-3-6-15-9-11/h3-4,6,9H,5,7-8,10H2,1-2H3. The predicted molar refractivity (Wildman–Crippen MR) is 67.9 cm³/mol. The van der Waals surface area contributed by atoms with Crippen molar-refractivity contribution in [3.8, 4) is 0 Å². The molecular formula is C14H18N2O2. The Morgan fingerprint density at radius 3 is 2.89 bits per heavy atom. The molecule has 2 rings (SSSR count). The normalized spacial score (nSPS) is 18.8. The van der Waals surface area contributed by atoms with Gasteiger partial charge in [0.25, 0.3) is 0 Å². The molecule has 1 aromatic heterocycles. The van der Waals surface area contributed by atoms with E-state index in [9.17, 15) is 9.59 Å². The SMILES string of the molecule is CC1(C)CCN(C(=O)Cc2cccnc2)CC1=O. The molecule has 4 heteroatoms. The highest BCUT2D eigenvalue weighted by Gasteiger charge is 2.35. The molecule has 1 aliphatic heterocycles. The summed E-state index contributed by atoms with van der Waals surface area (Å²) in [7, 11) is 0. The summed E-state index contributed by atoms with van der Waals surface area (Å²) < 4.78 is 0. The van der Waals surface area contributed by atoms with Gasteiger partial charge in [-0.25, -0.2) is 0 Å². The zero-order valence-corrected chi connectivity index (χ0v) is 10.8. The lowest BCUT2D eigenvalue weighted by Gasteiger charge is -2.35. The molecule has 0 bridgehead atoms. The van der Waals surface area contributed by atoms with Crippen LogP contribution in [-0.4, -0.2) is 34.7 Å². The summed E-state index contributed by atoms with van der Waals surface area (Å²) in [6.07, 6.45) is 4.43. The smallest absolute Gasteiger partial charge is 0.227 e. The molecule has 1 aliphatic rings. The Morgan fingerprint density at radius 2 is 2.28 bits per heavy atom. The lowest BCUT2D eigenvalue weighted by Crippen LogP contribution is -2.48. The molecule has 96 valence electrons. The van der Waals surface area contributed by atoms with Crippen LogP contribution in [0.25, 0.3) is 0 Å². The fourth-order valence-corrected chi connectivity index (χ4v) is 2.02. The molecule has 0 spiro atoms. The van der Waals surface area contributed by atoms with Gasteiger partial charge >= 0.3 is 0 Å². The van der Waals surface area contributed by atoms with E-state index in [1.54, 1.807) is 17.3 Å². The number of ketones is 1. The Hall–Kier alpha value is -1.71. The third-order valence-electron chi connectivity index (χ3n) is 3.53. The number of piperidine rings is 1. The third kappa shape index (κ3) is 2.75. The zero-order chi connectivity index (χ0) is 13.2. The second-order valence-corrected chi connectivity index (χ2v) is 5.41. The number of Topliss-reactive ketones (excluding diaryl/α,β-unsaturated/α-hetero) is 1. The first-order chi connectivity index (χ1) is 8.49. The van der Waals surface area contributed by atoms with Gasteiger partial charge in [-0.1, -0.05) is 19.9 Å². The highest BCUT2D eigenvalue weighted by molar-refractivity contribution is 5.91. The van der Waals surface area contributed by atoms with Crippen LogP contribution in [0.5, 0.6) is 0 Å². The van der Waals surface area contributed by atoms with E-state index in [0.29, 0.717) is 13.0 Å². The van der Waals surface area contributed by atoms with Crippen molar-refractivity contribution in [3.63, 3.8) is 0 Å². The minimum atomic E-state index is -0.287. The average Bonchev–Trinajstić information content (AvgIpc) is 2.34. The number of likely N-dealkylation sites (tertiary alicyclic amines) is 1. The summed E-state index contributed by atoms with van der Waals surface area (Å²) in [5, 5.41) is 0. The molecule has 1 fully saturated rings. The summed E-state index contributed by atoms with van der Waals surface area (Å²) in [4.78, 5) is 29.6. The van der Waals surface area contributed by atoms with E-state index in [1.165, 1.54) is 0 Å². The number of hydrogen-bond donors (Lipinski definition) is 0. The van der Waals surface area contributed by atoms with Crippen molar-refractivity contribution in [2.75, 3.05) is 13.1 Å². The van der Waals surface area contributed by atoms with Gasteiger partial charge in [-0.3, -0.25) is 14.6 Å². The van der Waals surface area contributed by atoms with Gasteiger partial charge in [0, 0.05) is 24.4 Å². The van der Waals surface area contributed by atoms with E-state index in [4.69, 9.17) is 0 Å². The van der Waals surface area contributed by atoms with Crippen molar-refractivity contribution >= 4 is 11.7 Å². The van der Waals surface area contributed by atoms with Crippen LogP contribution in [0.3, 0.4) is 0 Å². The van der Waals surface area contributed by atoms with Crippen LogP contribution in [0.4, 0.5) is 0 Å². The molecule has 0 radical (unpaired) electrons. The van der Waals surface area contributed by atoms with Crippen molar-refractivity contribution in [1.82, 2.24) is 9.88 Å². The molecule has 0 unspecified atom stereocenters. The van der Waals surface area contributed by atoms with E-state index in [-0.39, 0.29) is 23.7 Å². The number of aromatic nitrogens is 1. The highest BCUT2D eigenvalue weighted by Crippen LogP contribution is 2.26. The quantitative estimate of drug-likeness (QED) is 0.793. The summed E-state index contributed by atoms with van der Waals surface area (Å²) in [6.45, 7) is 4.79. The Labute approximate surface area is 107 Å². The number of nitrogens with zero attached hydrogens (tertiary/aromatic N) is 2. The average molecular weight is 246 g/mol. The van der Waals surface area contributed by atoms with Gasteiger partial charge in [-0.05, 0) is 18.1 Å². The largest absolute Gasteiger partial charge is 0.335 e. The molecule has 0 aliphatic carbocycles. The molecule has 1 saturated heterocycles. The third-order valence-corrected chi connectivity index (χ3v) is 3.53. The topological polar surface area (TPSA) is 50.3 Å². The summed E-state index contributed by atoms with van der Waals surface area (Å²) in [5.41, 5.74) is 0.602. The van der Waals surface area contributed by atoms with Gasteiger partial charge in [-0.15, -0.1) is 0 Å². The fourth-order valence-electron chi connectivity index (χ4n) is 2.02. The zero-order valence-electron chi connectivity index (χ0n) is 10.8. The number of hydrogen-bond acceptors (Lipinski definition) is 3. The number of amides is 1. The predicted octanol–water partition coefficient (Wildman–Crippen LogP) is 1.45. The van der Waals surface area contributed by atoms with Crippen molar-refractivity contribution in [3.05, 3.63) is 30.1 Å². The molecule has 1 aromatic rings. The summed E-state index contributed by atoms with van der Waals surface area (Å²) in [5.74, 6) is 0.153. The van der Waals surface area contributed by atoms with Crippen LogP contribution in [0.1, 0.15) is 25.8 Å². The first-order valence-corrected chi connectivity index (χ1v) is 6.19. The number of carbonyl (C=O) groups excluding carboxylic acids is 2. The van der Waals surface area contributed by atoms with Gasteiger partial charge in [0.05, 0.1) is 13.0 Å². The molecule has 0 aromatic carbocycles. The molecule has 0 N–H and O–H groups in total. The summed E-state index contributed by atoms with van der Waals surface area (Å²) in [6, 6.07) is 3.69. The van der Waals surface area contributed by atoms with Crippen LogP contribution in [-0.2, 0) is 16.0 Å². The number of carbonyl (C=O) groups is 2. The fraction of sp³-hybridized carbons (Fsp3) is 0.500. The second-order valence-electron chi connectivity index (χ2n) is 5.41. The molecule has 2 heterocycles. The van der Waals surface area contributed by atoms with Gasteiger partial charge in [0.15, 0.2) is 5.78 Å². The first-order valence-electron chi connectivity index (χ1n) is 6.19. The maximum Gasteiger partial charge on any atom is 0.227 e. The first kappa shape index (κ1) is 12.7. The van der Waals surface area contributed by atoms with Crippen LogP contribution in [0.15, 0.2) is 24.5 Å². The van der Waals surface area contributed by atoms with E-state index in [1.807, 2.05) is 26.0 Å². The molecule has 0 atom stereocenters. The molecule has 1 amide bonds. The maximum atomic E-state index is 12.1. The molecular weight excluding hydrogens is 228 g/mol. The number of pyridine rings is 1. The van der Waals surface area contributed by atoms with Gasteiger partial charge in [0.2, 0.25) is 5.91 Å². The Bertz CT molecular complexity index is 454. The van der Waals surface area contributed by atoms with Gasteiger partial charge in [-0.2, -0.15) is 0 Å². The van der Waals surface area contributed by atoms with Crippen molar-refractivity contribution in [1.29, 1.82) is 0 Å². The second kappa shape index (κ2) is 4.88. The number of rotatable bonds is 2. The van der Waals surface area contributed by atoms with Crippen LogP contribution in [0.2, 0.25) is 0 Å². The maximum absolute atomic E-state index is 12.1. The van der Waals surface area contributed by atoms with E-state index in [2.05, 4.69) is 4.98 Å². The van der Waals surface area contributed by atoms with E-state index in [0.717, 1.165) is 12.0 Å². The lowest BCUT2D eigenvalue weighted by atomic mass is 9.81. The van der Waals surface area contributed by atoms with Crippen molar-refractivity contribution in [2.24, 2.45) is 5.41 Å². The molecule has 4 nitrogen and oxygen atoms in total. The minimum Gasteiger partial charge on any atom is -0.335 e. The Morgan fingerprint density at radius 1 is 1.50 bits per heavy atom. The van der Waals surface area contributed by atoms with Gasteiger partial charge < -0.3 is 4.90 Å². The lowest BCUT2D eigenvalue weighted by molar-refractivity contribution is -0.142. The van der Waals surface area contributed by atoms with Gasteiger partial charge in [0.1, 0.15) is 0 Å². The van der Waals surface area contributed by atoms with Crippen LogP contribution in [0, 0.1) is 5.41 Å². The molecule has 0 saturated carbocycles. The van der Waals surface area contributed by atoms with Crippen molar-refractivity contribution in [2.45, 2.75) is 26.7 Å². The minimum absolute atomic E-state index is 0.00634. The van der Waals surface area contributed by atoms with Crippen LogP contribution >= 0.6 is 0 Å². The van der Waals surface area contributed by atoms with Crippen LogP contribution < -0.4 is 0 Å². The Balaban J connectivity index is 1.97. The van der Waals surface area contributed by atoms with E-state index >= 15 is 0 Å². The van der Waals surface area contributed by atoms with E-state index < -0.39 is 0 Å².